The summed E-state index contributed by atoms with van der Waals surface area (Å²) in [4.78, 5) is 12.3. The molecule has 3 N–H and O–H groups in total. The molecule has 0 amide bonds. The van der Waals surface area contributed by atoms with Gasteiger partial charge in [0, 0.05) is 24.7 Å². The first-order valence-corrected chi connectivity index (χ1v) is 6.52. The molecule has 2 unspecified atom stereocenters. The Morgan fingerprint density at radius 1 is 1.41 bits per heavy atom. The van der Waals surface area contributed by atoms with Gasteiger partial charge in [-0.15, -0.1) is 0 Å². The third-order valence-electron chi connectivity index (χ3n) is 3.87. The van der Waals surface area contributed by atoms with Crippen LogP contribution in [0, 0.1) is 0 Å². The highest BCUT2D eigenvalue weighted by atomic mass is 16.1. The molecule has 0 spiro atoms. The fourth-order valence-electron chi connectivity index (χ4n) is 2.86. The summed E-state index contributed by atoms with van der Waals surface area (Å²) >= 11 is 0. The predicted molar refractivity (Wildman–Crippen MR) is 66.2 cm³/mol. The SMILES string of the molecule is CC1Cc2c([nH]n(C3CCCNC3)c2=O)CN1. The highest BCUT2D eigenvalue weighted by Gasteiger charge is 2.25. The molecule has 1 aromatic rings. The van der Waals surface area contributed by atoms with Crippen LogP contribution in [0.2, 0.25) is 0 Å². The van der Waals surface area contributed by atoms with Crippen molar-refractivity contribution >= 4 is 0 Å². The molecule has 1 aromatic heterocycles. The van der Waals surface area contributed by atoms with Crippen LogP contribution in [0.1, 0.15) is 37.1 Å². The Bertz CT molecular complexity index is 456. The van der Waals surface area contributed by atoms with Crippen LogP contribution in [-0.2, 0) is 13.0 Å². The van der Waals surface area contributed by atoms with Crippen LogP contribution in [0.5, 0.6) is 0 Å². The second-order valence-electron chi connectivity index (χ2n) is 5.23. The van der Waals surface area contributed by atoms with Crippen LogP contribution in [0.3, 0.4) is 0 Å². The van der Waals surface area contributed by atoms with Gasteiger partial charge >= 0.3 is 0 Å². The van der Waals surface area contributed by atoms with Crippen molar-refractivity contribution in [2.24, 2.45) is 0 Å². The molecule has 2 aliphatic heterocycles. The second-order valence-corrected chi connectivity index (χ2v) is 5.23. The minimum Gasteiger partial charge on any atom is -0.315 e. The van der Waals surface area contributed by atoms with Gasteiger partial charge in [-0.05, 0) is 32.7 Å². The van der Waals surface area contributed by atoms with E-state index in [9.17, 15) is 4.79 Å². The average molecular weight is 236 g/mol. The van der Waals surface area contributed by atoms with Gasteiger partial charge in [0.25, 0.3) is 5.56 Å². The number of H-pyrrole nitrogens is 1. The molecule has 3 rings (SSSR count). The number of aromatic amines is 1. The molecule has 5 heteroatoms. The van der Waals surface area contributed by atoms with Crippen LogP contribution in [-0.4, -0.2) is 28.9 Å². The average Bonchev–Trinajstić information content (AvgIpc) is 2.68. The first-order chi connectivity index (χ1) is 8.25. The van der Waals surface area contributed by atoms with Crippen molar-refractivity contribution in [1.82, 2.24) is 20.4 Å². The Balaban J connectivity index is 1.93. The van der Waals surface area contributed by atoms with Crippen molar-refractivity contribution < 1.29 is 0 Å². The highest BCUT2D eigenvalue weighted by molar-refractivity contribution is 5.21. The molecular weight excluding hydrogens is 216 g/mol. The van der Waals surface area contributed by atoms with Crippen LogP contribution in [0.4, 0.5) is 0 Å². The second kappa shape index (κ2) is 4.31. The van der Waals surface area contributed by atoms with Crippen LogP contribution < -0.4 is 16.2 Å². The van der Waals surface area contributed by atoms with Gasteiger partial charge in [0.05, 0.1) is 11.7 Å². The van der Waals surface area contributed by atoms with Gasteiger partial charge in [-0.2, -0.15) is 0 Å². The van der Waals surface area contributed by atoms with E-state index in [2.05, 4.69) is 22.7 Å². The molecular formula is C12H20N4O. The Morgan fingerprint density at radius 3 is 3.06 bits per heavy atom. The highest BCUT2D eigenvalue weighted by Crippen LogP contribution is 2.17. The van der Waals surface area contributed by atoms with E-state index in [4.69, 9.17) is 0 Å². The Labute approximate surface area is 101 Å². The van der Waals surface area contributed by atoms with Crippen LogP contribution >= 0.6 is 0 Å². The number of piperidine rings is 1. The number of nitrogens with zero attached hydrogens (tertiary/aromatic N) is 1. The standard InChI is InChI=1S/C12H20N4O/c1-8-5-10-11(7-14-8)15-16(12(10)17)9-3-2-4-13-6-9/h8-9,13-15H,2-7H2,1H3. The van der Waals surface area contributed by atoms with E-state index in [1.165, 1.54) is 0 Å². The van der Waals surface area contributed by atoms with Crippen LogP contribution in [0.15, 0.2) is 4.79 Å². The van der Waals surface area contributed by atoms with Crippen LogP contribution in [0.25, 0.3) is 0 Å². The maximum atomic E-state index is 12.3. The lowest BCUT2D eigenvalue weighted by Crippen LogP contribution is -2.37. The van der Waals surface area contributed by atoms with Gasteiger partial charge in [-0.25, -0.2) is 4.68 Å². The normalized spacial score (nSPS) is 29.0. The van der Waals surface area contributed by atoms with Gasteiger partial charge < -0.3 is 10.6 Å². The summed E-state index contributed by atoms with van der Waals surface area (Å²) in [6, 6.07) is 0.709. The first-order valence-electron chi connectivity index (χ1n) is 6.52. The molecule has 0 radical (unpaired) electrons. The van der Waals surface area contributed by atoms with Crippen molar-refractivity contribution in [2.45, 2.75) is 44.8 Å². The summed E-state index contributed by atoms with van der Waals surface area (Å²) in [5.74, 6) is 0. The summed E-state index contributed by atoms with van der Waals surface area (Å²) < 4.78 is 1.84. The largest absolute Gasteiger partial charge is 0.315 e. The Hall–Kier alpha value is -1.07. The van der Waals surface area contributed by atoms with E-state index in [1.54, 1.807) is 0 Å². The molecule has 0 bridgehead atoms. The maximum absolute atomic E-state index is 12.3. The fourth-order valence-corrected chi connectivity index (χ4v) is 2.86. The molecule has 0 aliphatic carbocycles. The van der Waals surface area contributed by atoms with Crippen molar-refractivity contribution in [3.05, 3.63) is 21.6 Å². The number of fused-ring (bicyclic) bond motifs is 1. The monoisotopic (exact) mass is 236 g/mol. The Kier molecular flexibility index (Phi) is 2.80. The molecule has 1 saturated heterocycles. The quantitative estimate of drug-likeness (QED) is 0.650. The predicted octanol–water partition coefficient (Wildman–Crippen LogP) is 0.135. The lowest BCUT2D eigenvalue weighted by atomic mass is 10.0. The van der Waals surface area contributed by atoms with Crippen molar-refractivity contribution in [3.8, 4) is 0 Å². The maximum Gasteiger partial charge on any atom is 0.270 e. The first kappa shape index (κ1) is 11.0. The van der Waals surface area contributed by atoms with E-state index >= 15 is 0 Å². The van der Waals surface area contributed by atoms with E-state index in [0.717, 1.165) is 50.2 Å². The third-order valence-corrected chi connectivity index (χ3v) is 3.87. The summed E-state index contributed by atoms with van der Waals surface area (Å²) in [6.07, 6.45) is 3.09. The molecule has 94 valence electrons. The Morgan fingerprint density at radius 2 is 2.29 bits per heavy atom. The van der Waals surface area contributed by atoms with Gasteiger partial charge in [0.1, 0.15) is 0 Å². The van der Waals surface area contributed by atoms with Crippen molar-refractivity contribution in [2.75, 3.05) is 13.1 Å². The number of rotatable bonds is 1. The topological polar surface area (TPSA) is 61.9 Å². The molecule has 0 saturated carbocycles. The van der Waals surface area contributed by atoms with E-state index in [-0.39, 0.29) is 5.56 Å². The summed E-state index contributed by atoms with van der Waals surface area (Å²) in [5, 5.41) is 10.0. The molecule has 5 nitrogen and oxygen atoms in total. The smallest absolute Gasteiger partial charge is 0.270 e. The zero-order valence-electron chi connectivity index (χ0n) is 10.3. The summed E-state index contributed by atoms with van der Waals surface area (Å²) in [6.45, 7) is 4.90. The van der Waals surface area contributed by atoms with Gasteiger partial charge in [-0.3, -0.25) is 9.89 Å². The molecule has 2 aliphatic rings. The molecule has 1 fully saturated rings. The molecule has 0 aromatic carbocycles. The number of nitrogens with one attached hydrogen (secondary N) is 3. The number of aromatic nitrogens is 2. The van der Waals surface area contributed by atoms with Crippen molar-refractivity contribution in [3.63, 3.8) is 0 Å². The van der Waals surface area contributed by atoms with E-state index < -0.39 is 0 Å². The fraction of sp³-hybridized carbons (Fsp3) is 0.750. The summed E-state index contributed by atoms with van der Waals surface area (Å²) in [5.41, 5.74) is 2.27. The summed E-state index contributed by atoms with van der Waals surface area (Å²) in [7, 11) is 0. The minimum absolute atomic E-state index is 0.196. The molecule has 17 heavy (non-hydrogen) atoms. The molecule has 2 atom stereocenters. The molecule has 3 heterocycles. The lowest BCUT2D eigenvalue weighted by molar-refractivity contribution is 0.338. The minimum atomic E-state index is 0.196. The van der Waals surface area contributed by atoms with Gasteiger partial charge in [0.2, 0.25) is 0 Å². The third kappa shape index (κ3) is 1.93. The number of hydrogen-bond acceptors (Lipinski definition) is 3. The van der Waals surface area contributed by atoms with E-state index in [0.29, 0.717) is 12.1 Å². The zero-order valence-corrected chi connectivity index (χ0v) is 10.3. The van der Waals surface area contributed by atoms with Crippen molar-refractivity contribution in [1.29, 1.82) is 0 Å². The number of hydrogen-bond donors (Lipinski definition) is 3. The van der Waals surface area contributed by atoms with Gasteiger partial charge in [-0.1, -0.05) is 0 Å². The lowest BCUT2D eigenvalue weighted by Gasteiger charge is -2.23. The van der Waals surface area contributed by atoms with Gasteiger partial charge in [0.15, 0.2) is 0 Å². The van der Waals surface area contributed by atoms with E-state index in [1.807, 2.05) is 4.68 Å². The zero-order chi connectivity index (χ0) is 11.8.